The number of carboxylic acid groups (broad SMARTS) is 2. The maximum Gasteiger partial charge on any atom is 0.349 e. The van der Waals surface area contributed by atoms with E-state index in [4.69, 9.17) is 9.84 Å². The number of carbonyl (C=O) groups is 3. The first kappa shape index (κ1) is 19.9. The molecule has 0 saturated heterocycles. The second kappa shape index (κ2) is 8.43. The molecule has 1 aliphatic rings. The molecular formula is C20H21NO6S. The number of hydrogen-bond donors (Lipinski definition) is 3. The van der Waals surface area contributed by atoms with E-state index in [9.17, 15) is 19.5 Å². The highest BCUT2D eigenvalue weighted by atomic mass is 32.1. The van der Waals surface area contributed by atoms with Gasteiger partial charge in [-0.25, -0.2) is 9.59 Å². The van der Waals surface area contributed by atoms with Crippen LogP contribution < -0.4 is 10.1 Å². The Morgan fingerprint density at radius 2 is 1.93 bits per heavy atom. The van der Waals surface area contributed by atoms with Crippen LogP contribution in [0.5, 0.6) is 5.75 Å². The summed E-state index contributed by atoms with van der Waals surface area (Å²) in [6, 6.07) is 7.19. The van der Waals surface area contributed by atoms with E-state index in [-0.39, 0.29) is 22.5 Å². The largest absolute Gasteiger partial charge is 0.480 e. The topological polar surface area (TPSA) is 113 Å². The predicted octanol–water partition coefficient (Wildman–Crippen LogP) is 4.01. The summed E-state index contributed by atoms with van der Waals surface area (Å²) in [6.45, 7) is 1.08. The summed E-state index contributed by atoms with van der Waals surface area (Å²) in [7, 11) is 0. The molecule has 0 atom stereocenters. The molecule has 1 saturated carbocycles. The van der Waals surface area contributed by atoms with Gasteiger partial charge in [-0.05, 0) is 37.5 Å². The number of rotatable bonds is 7. The second-order valence-corrected chi connectivity index (χ2v) is 7.77. The van der Waals surface area contributed by atoms with Crippen LogP contribution in [-0.4, -0.2) is 34.7 Å². The van der Waals surface area contributed by atoms with Crippen LogP contribution in [0.25, 0.3) is 10.4 Å². The Balaban J connectivity index is 1.88. The van der Waals surface area contributed by atoms with Gasteiger partial charge in [0.05, 0.1) is 0 Å². The maximum absolute atomic E-state index is 12.4. The van der Waals surface area contributed by atoms with Crippen LogP contribution in [-0.2, 0) is 9.59 Å². The van der Waals surface area contributed by atoms with Gasteiger partial charge in [0.2, 0.25) is 5.91 Å². The number of nitrogens with one attached hydrogen (secondary N) is 1. The number of amides is 1. The molecule has 1 aliphatic carbocycles. The van der Waals surface area contributed by atoms with Crippen molar-refractivity contribution in [2.45, 2.75) is 32.6 Å². The van der Waals surface area contributed by atoms with Crippen molar-refractivity contribution in [3.8, 4) is 16.2 Å². The van der Waals surface area contributed by atoms with Gasteiger partial charge in [-0.15, -0.1) is 11.3 Å². The molecule has 3 N–H and O–H groups in total. The molecule has 1 heterocycles. The highest BCUT2D eigenvalue weighted by Gasteiger charge is 2.24. The van der Waals surface area contributed by atoms with Gasteiger partial charge in [0.1, 0.15) is 5.75 Å². The minimum Gasteiger partial charge on any atom is -0.480 e. The Labute approximate surface area is 166 Å². The Bertz CT molecular complexity index is 913. The van der Waals surface area contributed by atoms with E-state index >= 15 is 0 Å². The highest BCUT2D eigenvalue weighted by molar-refractivity contribution is 7.18. The van der Waals surface area contributed by atoms with Gasteiger partial charge in [0, 0.05) is 22.0 Å². The van der Waals surface area contributed by atoms with Crippen molar-refractivity contribution < 1.29 is 29.3 Å². The Morgan fingerprint density at radius 3 is 2.57 bits per heavy atom. The molecule has 7 nitrogen and oxygen atoms in total. The number of ether oxygens (including phenoxy) is 1. The number of carboxylic acids is 2. The zero-order valence-corrected chi connectivity index (χ0v) is 16.2. The fourth-order valence-electron chi connectivity index (χ4n) is 3.39. The molecule has 28 heavy (non-hydrogen) atoms. The van der Waals surface area contributed by atoms with Crippen LogP contribution in [0.2, 0.25) is 0 Å². The summed E-state index contributed by atoms with van der Waals surface area (Å²) >= 11 is 1.02. The van der Waals surface area contributed by atoms with E-state index in [1.54, 1.807) is 25.1 Å². The van der Waals surface area contributed by atoms with Gasteiger partial charge in [0.15, 0.2) is 11.5 Å². The fourth-order valence-corrected chi connectivity index (χ4v) is 4.48. The fraction of sp³-hybridized carbons (Fsp3) is 0.350. The highest BCUT2D eigenvalue weighted by Crippen LogP contribution is 2.42. The van der Waals surface area contributed by atoms with E-state index < -0.39 is 18.5 Å². The van der Waals surface area contributed by atoms with Gasteiger partial charge < -0.3 is 20.3 Å². The third kappa shape index (κ3) is 4.33. The molecule has 1 fully saturated rings. The smallest absolute Gasteiger partial charge is 0.349 e. The number of aliphatic carboxylic acids is 1. The molecule has 148 valence electrons. The third-order valence-electron chi connectivity index (χ3n) is 4.74. The van der Waals surface area contributed by atoms with E-state index in [2.05, 4.69) is 5.32 Å². The molecule has 8 heteroatoms. The normalized spacial score (nSPS) is 14.0. The molecule has 0 bridgehead atoms. The SMILES string of the molecule is Cc1c(-c2cccc(NC(=O)C3CCCC3)c2)sc(C(=O)O)c1OCC(=O)O. The molecule has 0 radical (unpaired) electrons. The Hall–Kier alpha value is -2.87. The lowest BCUT2D eigenvalue weighted by molar-refractivity contribution is -0.139. The van der Waals surface area contributed by atoms with Crippen molar-refractivity contribution in [3.63, 3.8) is 0 Å². The first-order valence-electron chi connectivity index (χ1n) is 8.99. The van der Waals surface area contributed by atoms with Crippen molar-refractivity contribution in [1.82, 2.24) is 0 Å². The minimum atomic E-state index is -1.18. The molecule has 1 aromatic carbocycles. The zero-order valence-electron chi connectivity index (χ0n) is 15.4. The number of aromatic carboxylic acids is 1. The van der Waals surface area contributed by atoms with Gasteiger partial charge in [0.25, 0.3) is 0 Å². The molecule has 0 aliphatic heterocycles. The molecular weight excluding hydrogens is 382 g/mol. The first-order valence-corrected chi connectivity index (χ1v) is 9.81. The summed E-state index contributed by atoms with van der Waals surface area (Å²) in [6.07, 6.45) is 3.96. The van der Waals surface area contributed by atoms with Crippen molar-refractivity contribution >= 4 is 34.9 Å². The van der Waals surface area contributed by atoms with Crippen molar-refractivity contribution in [2.24, 2.45) is 5.92 Å². The van der Waals surface area contributed by atoms with Crippen LogP contribution in [0.3, 0.4) is 0 Å². The second-order valence-electron chi connectivity index (χ2n) is 6.75. The molecule has 1 amide bonds. The lowest BCUT2D eigenvalue weighted by Crippen LogP contribution is -2.20. The number of thiophene rings is 1. The van der Waals surface area contributed by atoms with Crippen molar-refractivity contribution in [1.29, 1.82) is 0 Å². The first-order chi connectivity index (χ1) is 13.4. The number of carbonyl (C=O) groups excluding carboxylic acids is 1. The van der Waals surface area contributed by atoms with Crippen molar-refractivity contribution in [3.05, 3.63) is 34.7 Å². The number of anilines is 1. The molecule has 1 aromatic heterocycles. The number of hydrogen-bond acceptors (Lipinski definition) is 5. The van der Waals surface area contributed by atoms with Gasteiger partial charge >= 0.3 is 11.9 Å². The molecule has 0 unspecified atom stereocenters. The summed E-state index contributed by atoms with van der Waals surface area (Å²) in [5, 5.41) is 21.2. The lowest BCUT2D eigenvalue weighted by Gasteiger charge is -2.11. The molecule has 2 aromatic rings. The van der Waals surface area contributed by atoms with Gasteiger partial charge in [-0.3, -0.25) is 4.79 Å². The van der Waals surface area contributed by atoms with E-state index in [0.717, 1.165) is 42.6 Å². The molecule has 0 spiro atoms. The quantitative estimate of drug-likeness (QED) is 0.644. The standard InChI is InChI=1S/C20H21NO6S/c1-11-16(27-10-15(22)23)18(20(25)26)28-17(11)13-7-4-8-14(9-13)21-19(24)12-5-2-3-6-12/h4,7-9,12H,2-3,5-6,10H2,1H3,(H,21,24)(H,22,23)(H,25,26). The van der Waals surface area contributed by atoms with Crippen LogP contribution >= 0.6 is 11.3 Å². The van der Waals surface area contributed by atoms with Crippen molar-refractivity contribution in [2.75, 3.05) is 11.9 Å². The average molecular weight is 403 g/mol. The Morgan fingerprint density at radius 1 is 1.21 bits per heavy atom. The average Bonchev–Trinajstić information content (AvgIpc) is 3.28. The van der Waals surface area contributed by atoms with E-state index in [0.29, 0.717) is 16.1 Å². The predicted molar refractivity (Wildman–Crippen MR) is 105 cm³/mol. The summed E-state index contributed by atoms with van der Waals surface area (Å²) in [4.78, 5) is 35.3. The minimum absolute atomic E-state index is 0.00857. The lowest BCUT2D eigenvalue weighted by atomic mass is 10.1. The summed E-state index contributed by atoms with van der Waals surface area (Å²) in [5.74, 6) is -2.24. The van der Waals surface area contributed by atoms with Crippen LogP contribution in [0.15, 0.2) is 24.3 Å². The zero-order chi connectivity index (χ0) is 20.3. The third-order valence-corrected chi connectivity index (χ3v) is 6.05. The number of benzene rings is 1. The monoisotopic (exact) mass is 403 g/mol. The summed E-state index contributed by atoms with van der Waals surface area (Å²) in [5.41, 5.74) is 1.94. The van der Waals surface area contributed by atoms with Crippen LogP contribution in [0.4, 0.5) is 5.69 Å². The van der Waals surface area contributed by atoms with E-state index in [1.165, 1.54) is 0 Å². The molecule has 3 rings (SSSR count). The van der Waals surface area contributed by atoms with E-state index in [1.807, 2.05) is 6.07 Å². The van der Waals surface area contributed by atoms with Gasteiger partial charge in [-0.2, -0.15) is 0 Å². The Kier molecular flexibility index (Phi) is 5.99. The van der Waals surface area contributed by atoms with Gasteiger partial charge in [-0.1, -0.05) is 25.0 Å². The van der Waals surface area contributed by atoms with Crippen LogP contribution in [0, 0.1) is 12.8 Å². The maximum atomic E-state index is 12.4. The summed E-state index contributed by atoms with van der Waals surface area (Å²) < 4.78 is 5.22. The van der Waals surface area contributed by atoms with Crippen LogP contribution in [0.1, 0.15) is 40.9 Å².